The summed E-state index contributed by atoms with van der Waals surface area (Å²) in [6.07, 6.45) is 2.12. The van der Waals surface area contributed by atoms with Crippen molar-refractivity contribution < 1.29 is 18.4 Å². The van der Waals surface area contributed by atoms with Gasteiger partial charge in [0.05, 0.1) is 22.9 Å². The number of halogens is 4. The summed E-state index contributed by atoms with van der Waals surface area (Å²) in [5, 5.41) is 2.33. The lowest BCUT2D eigenvalue weighted by Gasteiger charge is -2.16. The molecular formula is C18H16ClF2IN2O2. The second kappa shape index (κ2) is 8.06. The number of anilines is 2. The number of aryl methyl sites for hydroxylation is 1. The van der Waals surface area contributed by atoms with Crippen LogP contribution < -0.4 is 10.8 Å². The van der Waals surface area contributed by atoms with Gasteiger partial charge in [-0.05, 0) is 78.1 Å². The van der Waals surface area contributed by atoms with Gasteiger partial charge in [0, 0.05) is 9.26 Å². The van der Waals surface area contributed by atoms with Gasteiger partial charge in [0.25, 0.3) is 5.91 Å². The summed E-state index contributed by atoms with van der Waals surface area (Å²) in [7, 11) is 0. The molecule has 4 nitrogen and oxygen atoms in total. The molecule has 1 saturated carbocycles. The Balaban J connectivity index is 1.90. The molecular weight excluding hydrogens is 477 g/mol. The van der Waals surface area contributed by atoms with E-state index in [4.69, 9.17) is 16.4 Å². The highest BCUT2D eigenvalue weighted by molar-refractivity contribution is 14.1. The molecule has 0 saturated heterocycles. The number of amides is 1. The predicted octanol–water partition coefficient (Wildman–Crippen LogP) is 5.35. The number of hydrogen-bond acceptors (Lipinski definition) is 3. The van der Waals surface area contributed by atoms with Crippen molar-refractivity contribution in [2.24, 2.45) is 5.92 Å². The maximum absolute atomic E-state index is 14.5. The number of carbonyl (C=O) groups excluding carboxylic acids is 1. The van der Waals surface area contributed by atoms with E-state index in [-0.39, 0.29) is 11.3 Å². The molecule has 8 heteroatoms. The Morgan fingerprint density at radius 2 is 2.04 bits per heavy atom. The third-order valence-electron chi connectivity index (χ3n) is 4.04. The van der Waals surface area contributed by atoms with Crippen molar-refractivity contribution in [3.05, 3.63) is 55.6 Å². The molecule has 0 radical (unpaired) electrons. The zero-order valence-electron chi connectivity index (χ0n) is 13.8. The van der Waals surface area contributed by atoms with Crippen molar-refractivity contribution >= 4 is 51.5 Å². The highest BCUT2D eigenvalue weighted by Gasteiger charge is 2.25. The lowest BCUT2D eigenvalue weighted by molar-refractivity contribution is 0.0270. The van der Waals surface area contributed by atoms with Gasteiger partial charge in [-0.3, -0.25) is 9.63 Å². The molecule has 1 fully saturated rings. The van der Waals surface area contributed by atoms with E-state index in [1.165, 1.54) is 0 Å². The first-order valence-electron chi connectivity index (χ1n) is 7.99. The first-order valence-corrected chi connectivity index (χ1v) is 9.45. The molecule has 1 amide bonds. The van der Waals surface area contributed by atoms with Crippen LogP contribution in [0.3, 0.4) is 0 Å². The van der Waals surface area contributed by atoms with Crippen LogP contribution in [0.5, 0.6) is 0 Å². The second-order valence-electron chi connectivity index (χ2n) is 6.18. The van der Waals surface area contributed by atoms with Crippen LogP contribution in [0.4, 0.5) is 20.2 Å². The van der Waals surface area contributed by atoms with E-state index >= 15 is 0 Å². The summed E-state index contributed by atoms with van der Waals surface area (Å²) in [6, 6.07) is 6.51. The van der Waals surface area contributed by atoms with Crippen molar-refractivity contribution in [3.63, 3.8) is 0 Å². The van der Waals surface area contributed by atoms with Gasteiger partial charge >= 0.3 is 0 Å². The summed E-state index contributed by atoms with van der Waals surface area (Å²) in [5.74, 6) is -2.69. The molecule has 2 N–H and O–H groups in total. The number of hydrogen-bond donors (Lipinski definition) is 2. The molecule has 0 aliphatic heterocycles. The third-order valence-corrected chi connectivity index (χ3v) is 4.98. The van der Waals surface area contributed by atoms with Crippen LogP contribution in [0.2, 0.25) is 5.02 Å². The minimum atomic E-state index is -1.22. The molecule has 0 spiro atoms. The maximum Gasteiger partial charge on any atom is 0.277 e. The molecule has 0 atom stereocenters. The monoisotopic (exact) mass is 492 g/mol. The summed E-state index contributed by atoms with van der Waals surface area (Å²) in [4.78, 5) is 17.5. The lowest BCUT2D eigenvalue weighted by Crippen LogP contribution is -2.26. The molecule has 26 heavy (non-hydrogen) atoms. The van der Waals surface area contributed by atoms with Crippen LogP contribution in [0, 0.1) is 28.0 Å². The van der Waals surface area contributed by atoms with Crippen LogP contribution in [0.15, 0.2) is 24.3 Å². The van der Waals surface area contributed by atoms with Gasteiger partial charge in [-0.25, -0.2) is 14.3 Å². The van der Waals surface area contributed by atoms with Crippen LogP contribution >= 0.6 is 34.2 Å². The molecule has 0 aromatic heterocycles. The zero-order chi connectivity index (χ0) is 18.8. The van der Waals surface area contributed by atoms with Crippen LogP contribution in [0.1, 0.15) is 28.8 Å². The smallest absolute Gasteiger partial charge is 0.277 e. The van der Waals surface area contributed by atoms with Crippen LogP contribution in [-0.4, -0.2) is 12.5 Å². The lowest BCUT2D eigenvalue weighted by atomic mass is 10.1. The van der Waals surface area contributed by atoms with Gasteiger partial charge < -0.3 is 5.32 Å². The normalized spacial score (nSPS) is 13.6. The molecule has 1 aliphatic carbocycles. The van der Waals surface area contributed by atoms with Crippen molar-refractivity contribution in [1.82, 2.24) is 5.48 Å². The Morgan fingerprint density at radius 3 is 2.69 bits per heavy atom. The molecule has 3 rings (SSSR count). The number of rotatable bonds is 6. The Labute approximate surface area is 168 Å². The molecule has 0 heterocycles. The Morgan fingerprint density at radius 1 is 1.31 bits per heavy atom. The van der Waals surface area contributed by atoms with Crippen molar-refractivity contribution in [3.8, 4) is 0 Å². The zero-order valence-corrected chi connectivity index (χ0v) is 16.7. The first kappa shape index (κ1) is 19.3. The van der Waals surface area contributed by atoms with Gasteiger partial charge in [-0.1, -0.05) is 11.6 Å². The molecule has 138 valence electrons. The van der Waals surface area contributed by atoms with E-state index in [1.54, 1.807) is 6.07 Å². The first-order chi connectivity index (χ1) is 12.4. The number of carbonyl (C=O) groups is 1. The SMILES string of the molecule is Cc1cc(I)ccc1Nc1c(C(=O)NOCC2CC2)cc(Cl)c(F)c1F. The van der Waals surface area contributed by atoms with Crippen molar-refractivity contribution in [2.45, 2.75) is 19.8 Å². The average molecular weight is 493 g/mol. The van der Waals surface area contributed by atoms with E-state index in [1.807, 2.05) is 19.1 Å². The summed E-state index contributed by atoms with van der Waals surface area (Å²) < 4.78 is 29.5. The Bertz CT molecular complexity index is 860. The van der Waals surface area contributed by atoms with Crippen LogP contribution in [-0.2, 0) is 4.84 Å². The Hall–Kier alpha value is -1.45. The van der Waals surface area contributed by atoms with Gasteiger partial charge in [0.15, 0.2) is 11.6 Å². The quantitative estimate of drug-likeness (QED) is 0.325. The fourth-order valence-corrected chi connectivity index (χ4v) is 3.20. The largest absolute Gasteiger partial charge is 0.352 e. The standard InChI is InChI=1S/C18H16ClF2IN2O2/c1-9-6-11(22)4-5-14(9)23-17-12(7-13(19)15(20)16(17)21)18(25)24-26-8-10-2-3-10/h4-7,10,23H,2-3,8H2,1H3,(H,24,25). The summed E-state index contributed by atoms with van der Waals surface area (Å²) in [6.45, 7) is 2.22. The molecule has 1 aliphatic rings. The van der Waals surface area contributed by atoms with Gasteiger partial charge in [0.1, 0.15) is 0 Å². The second-order valence-corrected chi connectivity index (χ2v) is 7.83. The average Bonchev–Trinajstić information content (AvgIpc) is 3.41. The molecule has 2 aromatic rings. The van der Waals surface area contributed by atoms with Crippen molar-refractivity contribution in [1.29, 1.82) is 0 Å². The minimum Gasteiger partial charge on any atom is -0.352 e. The highest BCUT2D eigenvalue weighted by Crippen LogP contribution is 2.32. The fraction of sp³-hybridized carbons (Fsp3) is 0.278. The van der Waals surface area contributed by atoms with E-state index in [0.717, 1.165) is 28.0 Å². The van der Waals surface area contributed by atoms with Gasteiger partial charge in [0.2, 0.25) is 0 Å². The highest BCUT2D eigenvalue weighted by atomic mass is 127. The van der Waals surface area contributed by atoms with E-state index in [0.29, 0.717) is 18.2 Å². The summed E-state index contributed by atoms with van der Waals surface area (Å²) >= 11 is 7.87. The maximum atomic E-state index is 14.5. The number of hydroxylamine groups is 1. The molecule has 0 unspecified atom stereocenters. The minimum absolute atomic E-state index is 0.136. The Kier molecular flexibility index (Phi) is 5.99. The third kappa shape index (κ3) is 4.44. The summed E-state index contributed by atoms with van der Waals surface area (Å²) in [5.41, 5.74) is 3.22. The predicted molar refractivity (Wildman–Crippen MR) is 105 cm³/mol. The molecule has 2 aromatic carbocycles. The van der Waals surface area contributed by atoms with Gasteiger partial charge in [-0.15, -0.1) is 0 Å². The number of benzene rings is 2. The van der Waals surface area contributed by atoms with Crippen LogP contribution in [0.25, 0.3) is 0 Å². The van der Waals surface area contributed by atoms with E-state index < -0.39 is 22.6 Å². The fourth-order valence-electron chi connectivity index (χ4n) is 2.36. The van der Waals surface area contributed by atoms with Gasteiger partial charge in [-0.2, -0.15) is 0 Å². The van der Waals surface area contributed by atoms with E-state index in [9.17, 15) is 13.6 Å². The number of nitrogens with one attached hydrogen (secondary N) is 2. The van der Waals surface area contributed by atoms with Crippen molar-refractivity contribution in [2.75, 3.05) is 11.9 Å². The van der Waals surface area contributed by atoms with E-state index in [2.05, 4.69) is 33.4 Å². The molecule has 0 bridgehead atoms. The topological polar surface area (TPSA) is 50.4 Å².